The molecular weight excluding hydrogens is 322 g/mol. The highest BCUT2D eigenvalue weighted by Gasteiger charge is 2.29. The van der Waals surface area contributed by atoms with E-state index in [0.717, 1.165) is 10.6 Å². The van der Waals surface area contributed by atoms with E-state index in [4.69, 9.17) is 0 Å². The number of sulfone groups is 1. The summed E-state index contributed by atoms with van der Waals surface area (Å²) in [7, 11) is -2.95. The number of anilines is 1. The number of nitrogens with zero attached hydrogens (tertiary/aromatic N) is 2. The number of hydrogen-bond acceptors (Lipinski definition) is 6. The second-order valence-electron chi connectivity index (χ2n) is 5.30. The lowest BCUT2D eigenvalue weighted by Crippen LogP contribution is -2.17. The van der Waals surface area contributed by atoms with Crippen LogP contribution < -0.4 is 5.32 Å². The quantitative estimate of drug-likeness (QED) is 0.921. The first kappa shape index (κ1) is 15.1. The zero-order chi connectivity index (χ0) is 15.6. The van der Waals surface area contributed by atoms with Gasteiger partial charge in [0.2, 0.25) is 11.0 Å². The normalized spacial score (nSPS) is 19.9. The van der Waals surface area contributed by atoms with E-state index in [9.17, 15) is 13.2 Å². The van der Waals surface area contributed by atoms with E-state index in [1.165, 1.54) is 11.3 Å². The average molecular weight is 337 g/mol. The molecule has 1 fully saturated rings. The van der Waals surface area contributed by atoms with Crippen LogP contribution in [-0.2, 0) is 14.6 Å². The fourth-order valence-corrected chi connectivity index (χ4v) is 5.06. The molecule has 1 aromatic carbocycles. The first-order valence-corrected chi connectivity index (χ1v) is 9.55. The summed E-state index contributed by atoms with van der Waals surface area (Å²) in [5.41, 5.74) is 0.947. The van der Waals surface area contributed by atoms with E-state index in [0.29, 0.717) is 11.6 Å². The van der Waals surface area contributed by atoms with Gasteiger partial charge in [0.15, 0.2) is 9.84 Å². The summed E-state index contributed by atoms with van der Waals surface area (Å²) >= 11 is 1.30. The number of hydrogen-bond donors (Lipinski definition) is 1. The Morgan fingerprint density at radius 3 is 2.73 bits per heavy atom. The lowest BCUT2D eigenvalue weighted by molar-refractivity contribution is -0.116. The minimum absolute atomic E-state index is 0.0912. The van der Waals surface area contributed by atoms with E-state index in [-0.39, 0.29) is 29.8 Å². The molecule has 1 N–H and O–H groups in total. The molecule has 8 heteroatoms. The van der Waals surface area contributed by atoms with Gasteiger partial charge in [-0.2, -0.15) is 0 Å². The monoisotopic (exact) mass is 337 g/mol. The molecule has 0 bridgehead atoms. The first-order chi connectivity index (χ1) is 10.5. The minimum Gasteiger partial charge on any atom is -0.301 e. The molecule has 0 radical (unpaired) electrons. The van der Waals surface area contributed by atoms with Gasteiger partial charge < -0.3 is 5.32 Å². The molecule has 1 aliphatic heterocycles. The van der Waals surface area contributed by atoms with Gasteiger partial charge >= 0.3 is 0 Å². The third-order valence-corrected chi connectivity index (χ3v) is 6.22. The summed E-state index contributed by atoms with van der Waals surface area (Å²) < 4.78 is 22.8. The molecule has 1 aromatic heterocycles. The Labute approximate surface area is 132 Å². The molecule has 3 rings (SSSR count). The van der Waals surface area contributed by atoms with Crippen LogP contribution in [0.3, 0.4) is 0 Å². The first-order valence-electron chi connectivity index (χ1n) is 6.91. The molecule has 22 heavy (non-hydrogen) atoms. The van der Waals surface area contributed by atoms with E-state index in [1.807, 2.05) is 30.3 Å². The Balaban J connectivity index is 1.60. The Kier molecular flexibility index (Phi) is 4.21. The van der Waals surface area contributed by atoms with Crippen molar-refractivity contribution in [1.29, 1.82) is 0 Å². The van der Waals surface area contributed by atoms with Crippen LogP contribution in [0.25, 0.3) is 10.6 Å². The van der Waals surface area contributed by atoms with Crippen molar-refractivity contribution in [1.82, 2.24) is 10.2 Å². The molecule has 2 aromatic rings. The van der Waals surface area contributed by atoms with Gasteiger partial charge in [-0.1, -0.05) is 41.7 Å². The summed E-state index contributed by atoms with van der Waals surface area (Å²) in [5.74, 6) is -0.0161. The van der Waals surface area contributed by atoms with Crippen molar-refractivity contribution in [3.05, 3.63) is 30.3 Å². The minimum atomic E-state index is -2.95. The van der Waals surface area contributed by atoms with E-state index in [2.05, 4.69) is 15.5 Å². The summed E-state index contributed by atoms with van der Waals surface area (Å²) in [6, 6.07) is 9.60. The highest BCUT2D eigenvalue weighted by molar-refractivity contribution is 7.91. The van der Waals surface area contributed by atoms with Crippen LogP contribution in [-0.4, -0.2) is 36.0 Å². The van der Waals surface area contributed by atoms with Crippen molar-refractivity contribution < 1.29 is 13.2 Å². The maximum atomic E-state index is 12.0. The summed E-state index contributed by atoms with van der Waals surface area (Å²) in [6.07, 6.45) is 0.765. The lowest BCUT2D eigenvalue weighted by atomic mass is 10.1. The third kappa shape index (κ3) is 3.69. The maximum Gasteiger partial charge on any atom is 0.226 e. The van der Waals surface area contributed by atoms with Gasteiger partial charge in [-0.15, -0.1) is 10.2 Å². The highest BCUT2D eigenvalue weighted by atomic mass is 32.2. The van der Waals surface area contributed by atoms with Crippen LogP contribution in [0.5, 0.6) is 0 Å². The smallest absolute Gasteiger partial charge is 0.226 e. The predicted octanol–water partition coefficient (Wildman–Crippen LogP) is 1.97. The number of benzene rings is 1. The Hall–Kier alpha value is -1.80. The van der Waals surface area contributed by atoms with Crippen molar-refractivity contribution in [2.45, 2.75) is 12.8 Å². The predicted molar refractivity (Wildman–Crippen MR) is 85.4 cm³/mol. The molecule has 1 unspecified atom stereocenters. The van der Waals surface area contributed by atoms with Gasteiger partial charge in [0, 0.05) is 12.0 Å². The number of amides is 1. The van der Waals surface area contributed by atoms with E-state index in [1.54, 1.807) is 0 Å². The van der Waals surface area contributed by atoms with Crippen LogP contribution in [0.2, 0.25) is 0 Å². The molecule has 1 saturated heterocycles. The van der Waals surface area contributed by atoms with E-state index < -0.39 is 9.84 Å². The van der Waals surface area contributed by atoms with Gasteiger partial charge in [-0.05, 0) is 12.3 Å². The molecule has 0 aliphatic carbocycles. The van der Waals surface area contributed by atoms with Gasteiger partial charge in [0.1, 0.15) is 5.01 Å². The Morgan fingerprint density at radius 1 is 1.27 bits per heavy atom. The second kappa shape index (κ2) is 6.13. The van der Waals surface area contributed by atoms with Crippen LogP contribution in [0.1, 0.15) is 12.8 Å². The van der Waals surface area contributed by atoms with Crippen molar-refractivity contribution in [3.63, 3.8) is 0 Å². The zero-order valence-corrected chi connectivity index (χ0v) is 13.4. The van der Waals surface area contributed by atoms with E-state index >= 15 is 0 Å². The molecule has 6 nitrogen and oxygen atoms in total. The number of carbonyl (C=O) groups excluding carboxylic acids is 1. The third-order valence-electron chi connectivity index (χ3n) is 3.49. The topological polar surface area (TPSA) is 89.0 Å². The molecule has 2 heterocycles. The Morgan fingerprint density at radius 2 is 2.05 bits per heavy atom. The van der Waals surface area contributed by atoms with Crippen LogP contribution in [0.15, 0.2) is 30.3 Å². The fraction of sp³-hybridized carbons (Fsp3) is 0.357. The number of rotatable bonds is 4. The zero-order valence-electron chi connectivity index (χ0n) is 11.7. The molecule has 0 saturated carbocycles. The highest BCUT2D eigenvalue weighted by Crippen LogP contribution is 2.27. The van der Waals surface area contributed by atoms with Gasteiger partial charge in [-0.3, -0.25) is 4.79 Å². The Bertz CT molecular complexity index is 772. The lowest BCUT2D eigenvalue weighted by Gasteiger charge is -2.05. The average Bonchev–Trinajstić information content (AvgIpc) is 3.06. The molecular formula is C14H15N3O3S2. The number of aromatic nitrogens is 2. The molecule has 0 spiro atoms. The number of carbonyl (C=O) groups is 1. The van der Waals surface area contributed by atoms with Crippen LogP contribution >= 0.6 is 11.3 Å². The summed E-state index contributed by atoms with van der Waals surface area (Å²) in [6.45, 7) is 0. The van der Waals surface area contributed by atoms with Crippen molar-refractivity contribution in [3.8, 4) is 10.6 Å². The van der Waals surface area contributed by atoms with Crippen molar-refractivity contribution in [2.75, 3.05) is 16.8 Å². The fourth-order valence-electron chi connectivity index (χ4n) is 2.44. The SMILES string of the molecule is O=C(CC1CCS(=O)(=O)C1)Nc1nnc(-c2ccccc2)s1. The van der Waals surface area contributed by atoms with Gasteiger partial charge in [0.25, 0.3) is 0 Å². The maximum absolute atomic E-state index is 12.0. The summed E-state index contributed by atoms with van der Waals surface area (Å²) in [5, 5.41) is 11.9. The largest absolute Gasteiger partial charge is 0.301 e. The van der Waals surface area contributed by atoms with Crippen molar-refractivity contribution >= 4 is 32.2 Å². The number of nitrogens with one attached hydrogen (secondary N) is 1. The van der Waals surface area contributed by atoms with Crippen molar-refractivity contribution in [2.24, 2.45) is 5.92 Å². The second-order valence-corrected chi connectivity index (χ2v) is 8.51. The molecule has 116 valence electrons. The van der Waals surface area contributed by atoms with Crippen LogP contribution in [0.4, 0.5) is 5.13 Å². The van der Waals surface area contributed by atoms with Crippen LogP contribution in [0, 0.1) is 5.92 Å². The molecule has 1 aliphatic rings. The molecule has 1 atom stereocenters. The summed E-state index contributed by atoms with van der Waals surface area (Å²) in [4.78, 5) is 12.0. The van der Waals surface area contributed by atoms with Gasteiger partial charge in [-0.25, -0.2) is 8.42 Å². The standard InChI is InChI=1S/C14H15N3O3S2/c18-12(8-10-6-7-22(19,20)9-10)15-14-17-16-13(21-14)11-4-2-1-3-5-11/h1-5,10H,6-9H2,(H,15,17,18). The molecule has 1 amide bonds. The van der Waals surface area contributed by atoms with Gasteiger partial charge in [0.05, 0.1) is 11.5 Å².